The summed E-state index contributed by atoms with van der Waals surface area (Å²) in [6.07, 6.45) is 4.34. The van der Waals surface area contributed by atoms with Crippen LogP contribution in [0.4, 0.5) is 0 Å². The zero-order chi connectivity index (χ0) is 15.5. The van der Waals surface area contributed by atoms with E-state index >= 15 is 0 Å². The summed E-state index contributed by atoms with van der Waals surface area (Å²) in [6, 6.07) is 10.2. The molecule has 0 aliphatic heterocycles. The Balaban J connectivity index is 2.19. The summed E-state index contributed by atoms with van der Waals surface area (Å²) in [4.78, 5) is 23.0. The van der Waals surface area contributed by atoms with E-state index in [0.29, 0.717) is 0 Å². The standard InChI is InChI=1S/C17H23NO3/c1-12(16(20)21)15(19)18-13(2)17(10-6-7-11-17)14-8-4-3-5-9-14/h3-5,8-9,12-13H,6-7,10-11H2,1-2H3,(H,18,19)(H,20,21). The molecule has 114 valence electrons. The van der Waals surface area contributed by atoms with Gasteiger partial charge >= 0.3 is 5.97 Å². The molecule has 0 bridgehead atoms. The predicted molar refractivity (Wildman–Crippen MR) is 81.0 cm³/mol. The molecule has 0 aromatic heterocycles. The maximum Gasteiger partial charge on any atom is 0.315 e. The summed E-state index contributed by atoms with van der Waals surface area (Å²) in [5.41, 5.74) is 1.16. The highest BCUT2D eigenvalue weighted by atomic mass is 16.4. The summed E-state index contributed by atoms with van der Waals surface area (Å²) in [7, 11) is 0. The second-order valence-electron chi connectivity index (χ2n) is 6.02. The molecule has 1 aliphatic carbocycles. The molecule has 2 rings (SSSR count). The molecule has 1 amide bonds. The molecule has 2 atom stereocenters. The maximum atomic E-state index is 12.0. The van der Waals surface area contributed by atoms with Gasteiger partial charge in [0.25, 0.3) is 0 Å². The molecular formula is C17H23NO3. The Morgan fingerprint density at radius 3 is 2.24 bits per heavy atom. The number of carbonyl (C=O) groups excluding carboxylic acids is 1. The monoisotopic (exact) mass is 289 g/mol. The number of benzene rings is 1. The highest BCUT2D eigenvalue weighted by Crippen LogP contribution is 2.43. The van der Waals surface area contributed by atoms with Crippen LogP contribution in [0.1, 0.15) is 45.1 Å². The predicted octanol–water partition coefficient (Wildman–Crippen LogP) is 2.72. The van der Waals surface area contributed by atoms with Crippen molar-refractivity contribution in [2.24, 2.45) is 5.92 Å². The van der Waals surface area contributed by atoms with Crippen molar-refractivity contribution >= 4 is 11.9 Å². The van der Waals surface area contributed by atoms with Crippen molar-refractivity contribution in [1.82, 2.24) is 5.32 Å². The van der Waals surface area contributed by atoms with Gasteiger partial charge in [-0.15, -0.1) is 0 Å². The molecule has 4 nitrogen and oxygen atoms in total. The van der Waals surface area contributed by atoms with Crippen LogP contribution in [0.25, 0.3) is 0 Å². The molecular weight excluding hydrogens is 266 g/mol. The highest BCUT2D eigenvalue weighted by Gasteiger charge is 2.41. The Labute approximate surface area is 125 Å². The van der Waals surface area contributed by atoms with Crippen LogP contribution in [-0.4, -0.2) is 23.0 Å². The van der Waals surface area contributed by atoms with Gasteiger partial charge in [-0.25, -0.2) is 0 Å². The molecule has 21 heavy (non-hydrogen) atoms. The molecule has 1 saturated carbocycles. The fraction of sp³-hybridized carbons (Fsp3) is 0.529. The van der Waals surface area contributed by atoms with E-state index in [1.54, 1.807) is 0 Å². The molecule has 0 saturated heterocycles. The van der Waals surface area contributed by atoms with E-state index in [4.69, 9.17) is 5.11 Å². The lowest BCUT2D eigenvalue weighted by Crippen LogP contribution is -2.49. The number of hydrogen-bond acceptors (Lipinski definition) is 2. The first-order valence-corrected chi connectivity index (χ1v) is 7.56. The van der Waals surface area contributed by atoms with E-state index in [1.807, 2.05) is 25.1 Å². The summed E-state index contributed by atoms with van der Waals surface area (Å²) in [6.45, 7) is 3.42. The minimum absolute atomic E-state index is 0.0725. The van der Waals surface area contributed by atoms with E-state index in [9.17, 15) is 9.59 Å². The Morgan fingerprint density at radius 1 is 1.14 bits per heavy atom. The van der Waals surface area contributed by atoms with E-state index < -0.39 is 17.8 Å². The third kappa shape index (κ3) is 3.09. The molecule has 1 aromatic rings. The summed E-state index contributed by atoms with van der Waals surface area (Å²) in [5.74, 6) is -2.50. The zero-order valence-corrected chi connectivity index (χ0v) is 12.6. The Hall–Kier alpha value is -1.84. The van der Waals surface area contributed by atoms with Crippen molar-refractivity contribution in [3.8, 4) is 0 Å². The quantitative estimate of drug-likeness (QED) is 0.819. The number of amides is 1. The van der Waals surface area contributed by atoms with Gasteiger partial charge in [0.2, 0.25) is 5.91 Å². The molecule has 0 heterocycles. The molecule has 0 spiro atoms. The van der Waals surface area contributed by atoms with Gasteiger partial charge in [0.1, 0.15) is 5.92 Å². The molecule has 1 aliphatic rings. The van der Waals surface area contributed by atoms with Gasteiger partial charge in [0, 0.05) is 11.5 Å². The summed E-state index contributed by atoms with van der Waals surface area (Å²) >= 11 is 0. The lowest BCUT2D eigenvalue weighted by molar-refractivity contribution is -0.146. The van der Waals surface area contributed by atoms with Crippen molar-refractivity contribution in [1.29, 1.82) is 0 Å². The second-order valence-corrected chi connectivity index (χ2v) is 6.02. The first-order chi connectivity index (χ1) is 9.97. The molecule has 2 unspecified atom stereocenters. The Morgan fingerprint density at radius 2 is 1.71 bits per heavy atom. The lowest BCUT2D eigenvalue weighted by atomic mass is 9.73. The largest absolute Gasteiger partial charge is 0.481 e. The molecule has 4 heteroatoms. The van der Waals surface area contributed by atoms with Crippen LogP contribution in [0.15, 0.2) is 30.3 Å². The number of carboxylic acid groups (broad SMARTS) is 1. The van der Waals surface area contributed by atoms with Gasteiger partial charge in [0.05, 0.1) is 0 Å². The first kappa shape index (κ1) is 15.5. The van der Waals surface area contributed by atoms with Crippen molar-refractivity contribution in [2.75, 3.05) is 0 Å². The van der Waals surface area contributed by atoms with E-state index in [1.165, 1.54) is 12.5 Å². The zero-order valence-electron chi connectivity index (χ0n) is 12.6. The summed E-state index contributed by atoms with van der Waals surface area (Å²) < 4.78 is 0. The molecule has 2 N–H and O–H groups in total. The van der Waals surface area contributed by atoms with Gasteiger partial charge in [-0.1, -0.05) is 43.2 Å². The van der Waals surface area contributed by atoms with E-state index in [2.05, 4.69) is 17.4 Å². The number of nitrogens with one attached hydrogen (secondary N) is 1. The average Bonchev–Trinajstić information content (AvgIpc) is 2.98. The maximum absolute atomic E-state index is 12.0. The van der Waals surface area contributed by atoms with Gasteiger partial charge in [-0.2, -0.15) is 0 Å². The van der Waals surface area contributed by atoms with Crippen molar-refractivity contribution in [2.45, 2.75) is 51.0 Å². The van der Waals surface area contributed by atoms with Crippen molar-refractivity contribution in [3.63, 3.8) is 0 Å². The van der Waals surface area contributed by atoms with Gasteiger partial charge in [0.15, 0.2) is 0 Å². The molecule has 1 fully saturated rings. The number of carbonyl (C=O) groups is 2. The van der Waals surface area contributed by atoms with Gasteiger partial charge in [-0.3, -0.25) is 9.59 Å². The SMILES string of the molecule is CC(C(=O)O)C(=O)NC(C)C1(c2ccccc2)CCCC1. The van der Waals surface area contributed by atoms with Crippen molar-refractivity contribution < 1.29 is 14.7 Å². The minimum atomic E-state index is -1.08. The smallest absolute Gasteiger partial charge is 0.315 e. The molecule has 1 aromatic carbocycles. The van der Waals surface area contributed by atoms with Crippen LogP contribution in [0, 0.1) is 5.92 Å². The first-order valence-electron chi connectivity index (χ1n) is 7.56. The molecule has 0 radical (unpaired) electrons. The van der Waals surface area contributed by atoms with Crippen molar-refractivity contribution in [3.05, 3.63) is 35.9 Å². The number of aliphatic carboxylic acids is 1. The van der Waals surface area contributed by atoms with E-state index in [-0.39, 0.29) is 11.5 Å². The van der Waals surface area contributed by atoms with Crippen LogP contribution < -0.4 is 5.32 Å². The fourth-order valence-corrected chi connectivity index (χ4v) is 3.34. The summed E-state index contributed by atoms with van der Waals surface area (Å²) in [5, 5.41) is 11.9. The minimum Gasteiger partial charge on any atom is -0.481 e. The van der Waals surface area contributed by atoms with Gasteiger partial charge < -0.3 is 10.4 Å². The Bertz CT molecular complexity index is 506. The number of rotatable bonds is 5. The van der Waals surface area contributed by atoms with Gasteiger partial charge in [-0.05, 0) is 32.3 Å². The average molecular weight is 289 g/mol. The van der Waals surface area contributed by atoms with Crippen LogP contribution in [0.3, 0.4) is 0 Å². The number of hydrogen-bond donors (Lipinski definition) is 2. The topological polar surface area (TPSA) is 66.4 Å². The van der Waals surface area contributed by atoms with Crippen LogP contribution in [0.5, 0.6) is 0 Å². The fourth-order valence-electron chi connectivity index (χ4n) is 3.34. The Kier molecular flexibility index (Phi) is 4.66. The third-order valence-electron chi connectivity index (χ3n) is 4.80. The van der Waals surface area contributed by atoms with Crippen LogP contribution in [0.2, 0.25) is 0 Å². The normalized spacial score (nSPS) is 19.7. The number of carboxylic acids is 1. The third-order valence-corrected chi connectivity index (χ3v) is 4.80. The lowest BCUT2D eigenvalue weighted by Gasteiger charge is -2.37. The van der Waals surface area contributed by atoms with E-state index in [0.717, 1.165) is 25.7 Å². The van der Waals surface area contributed by atoms with Crippen LogP contribution in [-0.2, 0) is 15.0 Å². The second kappa shape index (κ2) is 6.29. The highest BCUT2D eigenvalue weighted by molar-refractivity contribution is 5.96. The van der Waals surface area contributed by atoms with Crippen LogP contribution >= 0.6 is 0 Å².